The van der Waals surface area contributed by atoms with Crippen molar-refractivity contribution in [1.29, 1.82) is 0 Å². The van der Waals surface area contributed by atoms with E-state index in [1.54, 1.807) is 0 Å². The summed E-state index contributed by atoms with van der Waals surface area (Å²) in [5.74, 6) is -0.419. The van der Waals surface area contributed by atoms with Gasteiger partial charge in [-0.05, 0) is 25.0 Å². The van der Waals surface area contributed by atoms with E-state index in [-0.39, 0.29) is 11.8 Å². The van der Waals surface area contributed by atoms with Crippen molar-refractivity contribution in [3.63, 3.8) is 0 Å². The molecule has 1 aromatic carbocycles. The second-order valence-corrected chi connectivity index (χ2v) is 4.38. The zero-order valence-electron chi connectivity index (χ0n) is 11.3. The molecule has 0 amide bonds. The number of unbranched alkanes of at least 4 members (excludes halogenated alkanes) is 1. The lowest BCUT2D eigenvalue weighted by molar-refractivity contribution is -0.384. The third-order valence-corrected chi connectivity index (χ3v) is 2.92. The Morgan fingerprint density at radius 2 is 1.95 bits per heavy atom. The van der Waals surface area contributed by atoms with Crippen LogP contribution in [-0.4, -0.2) is 17.0 Å². The molecule has 0 saturated heterocycles. The Morgan fingerprint density at radius 3 is 2.42 bits per heavy atom. The molecule has 1 rings (SSSR count). The molecular weight excluding hydrogens is 246 g/mol. The van der Waals surface area contributed by atoms with Crippen LogP contribution >= 0.6 is 0 Å². The van der Waals surface area contributed by atoms with Gasteiger partial charge in [-0.3, -0.25) is 10.1 Å². The van der Waals surface area contributed by atoms with Crippen LogP contribution in [0, 0.1) is 10.1 Å². The Morgan fingerprint density at radius 1 is 1.32 bits per heavy atom. The lowest BCUT2D eigenvalue weighted by Gasteiger charge is -2.15. The summed E-state index contributed by atoms with van der Waals surface area (Å²) in [6.07, 6.45) is 3.63. The third kappa shape index (κ3) is 4.69. The minimum Gasteiger partial charge on any atom is -0.459 e. The van der Waals surface area contributed by atoms with Gasteiger partial charge in [-0.25, -0.2) is 4.79 Å². The number of hydrogen-bond acceptors (Lipinski definition) is 4. The molecule has 0 aliphatic heterocycles. The molecule has 0 radical (unpaired) electrons. The molecule has 0 heterocycles. The standard InChI is InChI=1S/C14H19NO4/c1-3-5-6-13(4-2)19-14(16)11-7-9-12(10-8-11)15(17)18/h7-10,13H,3-6H2,1-2H3. The van der Waals surface area contributed by atoms with Gasteiger partial charge in [0.1, 0.15) is 6.10 Å². The summed E-state index contributed by atoms with van der Waals surface area (Å²) in [4.78, 5) is 21.9. The summed E-state index contributed by atoms with van der Waals surface area (Å²) in [5, 5.41) is 10.5. The summed E-state index contributed by atoms with van der Waals surface area (Å²) in [5.41, 5.74) is 0.315. The molecule has 5 heteroatoms. The highest BCUT2D eigenvalue weighted by atomic mass is 16.6. The molecule has 0 aromatic heterocycles. The minimum atomic E-state index is -0.495. The highest BCUT2D eigenvalue weighted by Crippen LogP contribution is 2.15. The fraction of sp³-hybridized carbons (Fsp3) is 0.500. The normalized spacial score (nSPS) is 11.9. The van der Waals surface area contributed by atoms with E-state index < -0.39 is 10.9 Å². The number of nitro groups is 1. The molecule has 0 spiro atoms. The molecule has 0 bridgehead atoms. The van der Waals surface area contributed by atoms with Gasteiger partial charge in [-0.2, -0.15) is 0 Å². The molecule has 1 atom stereocenters. The monoisotopic (exact) mass is 265 g/mol. The second kappa shape index (κ2) is 7.51. The minimum absolute atomic E-state index is 0.0328. The van der Waals surface area contributed by atoms with Crippen LogP contribution in [0.25, 0.3) is 0 Å². The molecule has 0 aliphatic carbocycles. The quantitative estimate of drug-likeness (QED) is 0.428. The number of hydrogen-bond donors (Lipinski definition) is 0. The summed E-state index contributed by atoms with van der Waals surface area (Å²) < 4.78 is 5.38. The number of carbonyl (C=O) groups is 1. The van der Waals surface area contributed by atoms with Crippen LogP contribution in [-0.2, 0) is 4.74 Å². The van der Waals surface area contributed by atoms with E-state index in [0.717, 1.165) is 25.7 Å². The molecule has 104 valence electrons. The molecule has 5 nitrogen and oxygen atoms in total. The zero-order valence-corrected chi connectivity index (χ0v) is 11.3. The van der Waals surface area contributed by atoms with Gasteiger partial charge in [-0.1, -0.05) is 26.7 Å². The third-order valence-electron chi connectivity index (χ3n) is 2.92. The zero-order chi connectivity index (χ0) is 14.3. The van der Waals surface area contributed by atoms with Crippen molar-refractivity contribution < 1.29 is 14.5 Å². The van der Waals surface area contributed by atoms with Crippen molar-refractivity contribution in [2.24, 2.45) is 0 Å². The number of rotatable bonds is 7. The molecule has 1 aromatic rings. The van der Waals surface area contributed by atoms with Crippen molar-refractivity contribution in [2.45, 2.75) is 45.6 Å². The number of benzene rings is 1. The van der Waals surface area contributed by atoms with Gasteiger partial charge in [0.15, 0.2) is 0 Å². The first-order valence-corrected chi connectivity index (χ1v) is 6.53. The van der Waals surface area contributed by atoms with Gasteiger partial charge in [-0.15, -0.1) is 0 Å². The Kier molecular flexibility index (Phi) is 5.99. The molecule has 0 saturated carbocycles. The van der Waals surface area contributed by atoms with Gasteiger partial charge in [0.25, 0.3) is 5.69 Å². The van der Waals surface area contributed by atoms with E-state index in [4.69, 9.17) is 4.74 Å². The van der Waals surface area contributed by atoms with Crippen LogP contribution in [0.3, 0.4) is 0 Å². The highest BCUT2D eigenvalue weighted by Gasteiger charge is 2.15. The number of nitro benzene ring substituents is 1. The average molecular weight is 265 g/mol. The van der Waals surface area contributed by atoms with Gasteiger partial charge >= 0.3 is 5.97 Å². The van der Waals surface area contributed by atoms with Gasteiger partial charge in [0, 0.05) is 12.1 Å². The van der Waals surface area contributed by atoms with Crippen LogP contribution in [0.15, 0.2) is 24.3 Å². The molecule has 0 N–H and O–H groups in total. The fourth-order valence-electron chi connectivity index (χ4n) is 1.72. The number of nitrogens with zero attached hydrogens (tertiary/aromatic N) is 1. The van der Waals surface area contributed by atoms with Crippen LogP contribution in [0.4, 0.5) is 5.69 Å². The van der Waals surface area contributed by atoms with E-state index in [1.165, 1.54) is 24.3 Å². The summed E-state index contributed by atoms with van der Waals surface area (Å²) >= 11 is 0. The number of non-ortho nitro benzene ring substituents is 1. The summed E-state index contributed by atoms with van der Waals surface area (Å²) in [6, 6.07) is 5.47. The van der Waals surface area contributed by atoms with E-state index in [2.05, 4.69) is 6.92 Å². The fourth-order valence-corrected chi connectivity index (χ4v) is 1.72. The predicted molar refractivity (Wildman–Crippen MR) is 72.1 cm³/mol. The Balaban J connectivity index is 2.63. The van der Waals surface area contributed by atoms with E-state index in [1.807, 2.05) is 6.92 Å². The maximum atomic E-state index is 11.9. The maximum Gasteiger partial charge on any atom is 0.338 e. The molecule has 19 heavy (non-hydrogen) atoms. The van der Waals surface area contributed by atoms with Gasteiger partial charge in [0.05, 0.1) is 10.5 Å². The first-order chi connectivity index (χ1) is 9.08. The predicted octanol–water partition coefficient (Wildman–Crippen LogP) is 3.72. The first kappa shape index (κ1) is 15.1. The number of ether oxygens (including phenoxy) is 1. The van der Waals surface area contributed by atoms with E-state index in [0.29, 0.717) is 5.56 Å². The molecule has 1 unspecified atom stereocenters. The Labute approximate surface area is 112 Å². The topological polar surface area (TPSA) is 69.4 Å². The van der Waals surface area contributed by atoms with E-state index >= 15 is 0 Å². The SMILES string of the molecule is CCCCC(CC)OC(=O)c1ccc([N+](=O)[O-])cc1. The highest BCUT2D eigenvalue weighted by molar-refractivity contribution is 5.89. The van der Waals surface area contributed by atoms with Gasteiger partial charge < -0.3 is 4.74 Å². The van der Waals surface area contributed by atoms with Crippen LogP contribution in [0.2, 0.25) is 0 Å². The first-order valence-electron chi connectivity index (χ1n) is 6.53. The van der Waals surface area contributed by atoms with Crippen molar-refractivity contribution in [3.05, 3.63) is 39.9 Å². The lowest BCUT2D eigenvalue weighted by atomic mass is 10.1. The van der Waals surface area contributed by atoms with Crippen molar-refractivity contribution >= 4 is 11.7 Å². The molecular formula is C14H19NO4. The van der Waals surface area contributed by atoms with Gasteiger partial charge in [0.2, 0.25) is 0 Å². The summed E-state index contributed by atoms with van der Waals surface area (Å²) in [7, 11) is 0. The maximum absolute atomic E-state index is 11.9. The van der Waals surface area contributed by atoms with Crippen LogP contribution < -0.4 is 0 Å². The largest absolute Gasteiger partial charge is 0.459 e. The lowest BCUT2D eigenvalue weighted by Crippen LogP contribution is -2.17. The van der Waals surface area contributed by atoms with Crippen molar-refractivity contribution in [2.75, 3.05) is 0 Å². The summed E-state index contributed by atoms with van der Waals surface area (Å²) in [6.45, 7) is 4.06. The van der Waals surface area contributed by atoms with Crippen LogP contribution in [0.1, 0.15) is 49.9 Å². The van der Waals surface area contributed by atoms with E-state index in [9.17, 15) is 14.9 Å². The second-order valence-electron chi connectivity index (χ2n) is 4.38. The Hall–Kier alpha value is -1.91. The van der Waals surface area contributed by atoms with Crippen molar-refractivity contribution in [1.82, 2.24) is 0 Å². The van der Waals surface area contributed by atoms with Crippen molar-refractivity contribution in [3.8, 4) is 0 Å². The molecule has 0 fully saturated rings. The average Bonchev–Trinajstić information content (AvgIpc) is 2.43. The molecule has 0 aliphatic rings. The Bertz CT molecular complexity index is 428. The number of esters is 1. The van der Waals surface area contributed by atoms with Crippen LogP contribution in [0.5, 0.6) is 0 Å². The smallest absolute Gasteiger partial charge is 0.338 e. The number of carbonyl (C=O) groups excluding carboxylic acids is 1.